The summed E-state index contributed by atoms with van der Waals surface area (Å²) in [4.78, 5) is 12.1. The maximum absolute atomic E-state index is 12.1. The Balaban J connectivity index is 4.65. The molecule has 0 heterocycles. The number of carbonyl (C=O) groups excluding carboxylic acids is 1. The van der Waals surface area contributed by atoms with Gasteiger partial charge in [0.25, 0.3) is 0 Å². The molecule has 0 saturated heterocycles. The molecule has 0 radical (unpaired) electrons. The highest BCUT2D eigenvalue weighted by Gasteiger charge is 2.25. The largest absolute Gasteiger partial charge is 0.396 e. The molecule has 0 aromatic carbocycles. The Labute approximate surface area is 126 Å². The molecule has 1 amide bonds. The van der Waals surface area contributed by atoms with Gasteiger partial charge in [-0.3, -0.25) is 4.79 Å². The predicted molar refractivity (Wildman–Crippen MR) is 83.3 cm³/mol. The molecule has 0 aromatic heterocycles. The van der Waals surface area contributed by atoms with Gasteiger partial charge in [0, 0.05) is 18.6 Å². The summed E-state index contributed by atoms with van der Waals surface area (Å²) >= 11 is 1.55. The van der Waals surface area contributed by atoms with Gasteiger partial charge in [-0.15, -0.1) is 0 Å². The molecule has 0 aliphatic rings. The van der Waals surface area contributed by atoms with E-state index in [4.69, 9.17) is 5.11 Å². The van der Waals surface area contributed by atoms with Gasteiger partial charge in [0.2, 0.25) is 15.9 Å². The molecule has 120 valence electrons. The van der Waals surface area contributed by atoms with Crippen LogP contribution in [-0.4, -0.2) is 56.4 Å². The van der Waals surface area contributed by atoms with Gasteiger partial charge >= 0.3 is 0 Å². The van der Waals surface area contributed by atoms with E-state index in [-0.39, 0.29) is 18.3 Å². The van der Waals surface area contributed by atoms with Crippen LogP contribution in [-0.2, 0) is 14.8 Å². The first-order valence-electron chi connectivity index (χ1n) is 6.55. The van der Waals surface area contributed by atoms with Crippen molar-refractivity contribution in [2.75, 3.05) is 30.9 Å². The second-order valence-corrected chi connectivity index (χ2v) is 8.42. The number of hydrogen-bond acceptors (Lipinski definition) is 5. The average Bonchev–Trinajstić information content (AvgIpc) is 2.40. The van der Waals surface area contributed by atoms with Crippen LogP contribution in [0, 0.1) is 5.41 Å². The molecule has 0 bridgehead atoms. The van der Waals surface area contributed by atoms with Crippen molar-refractivity contribution in [1.82, 2.24) is 10.0 Å². The summed E-state index contributed by atoms with van der Waals surface area (Å²) < 4.78 is 25.6. The van der Waals surface area contributed by atoms with Crippen molar-refractivity contribution in [1.29, 1.82) is 0 Å². The van der Waals surface area contributed by atoms with Gasteiger partial charge in [-0.1, -0.05) is 13.8 Å². The molecule has 0 rings (SSSR count). The summed E-state index contributed by atoms with van der Waals surface area (Å²) in [7, 11) is -3.42. The minimum absolute atomic E-state index is 0.0521. The number of hydrogen-bond donors (Lipinski definition) is 3. The fraction of sp³-hybridized carbons (Fsp3) is 0.917. The monoisotopic (exact) mass is 326 g/mol. The summed E-state index contributed by atoms with van der Waals surface area (Å²) in [6.45, 7) is 5.41. The van der Waals surface area contributed by atoms with Gasteiger partial charge in [0.05, 0.1) is 5.75 Å². The molecule has 0 fully saturated rings. The van der Waals surface area contributed by atoms with Crippen molar-refractivity contribution in [2.45, 2.75) is 33.2 Å². The van der Waals surface area contributed by atoms with Crippen LogP contribution in [0.4, 0.5) is 0 Å². The molecule has 0 spiro atoms. The van der Waals surface area contributed by atoms with Crippen LogP contribution in [0.25, 0.3) is 0 Å². The molecule has 20 heavy (non-hydrogen) atoms. The molecule has 1 unspecified atom stereocenters. The van der Waals surface area contributed by atoms with E-state index < -0.39 is 21.5 Å². The van der Waals surface area contributed by atoms with E-state index in [9.17, 15) is 13.2 Å². The number of sulfonamides is 1. The molecule has 3 N–H and O–H groups in total. The lowest BCUT2D eigenvalue weighted by Gasteiger charge is -2.24. The molecule has 0 aliphatic heterocycles. The smallest absolute Gasteiger partial charge is 0.238 e. The van der Waals surface area contributed by atoms with Crippen LogP contribution in [0.3, 0.4) is 0 Å². The number of carbonyl (C=O) groups is 1. The van der Waals surface area contributed by atoms with E-state index in [1.54, 1.807) is 11.8 Å². The second kappa shape index (κ2) is 8.86. The SMILES string of the molecule is CCS(=O)(=O)NC(CCSC)C(=O)NCC(C)(C)CO. The highest BCUT2D eigenvalue weighted by molar-refractivity contribution is 7.98. The van der Waals surface area contributed by atoms with E-state index in [1.807, 2.05) is 20.1 Å². The van der Waals surface area contributed by atoms with E-state index in [2.05, 4.69) is 10.0 Å². The zero-order chi connectivity index (χ0) is 15.8. The minimum Gasteiger partial charge on any atom is -0.396 e. The number of aliphatic hydroxyl groups excluding tert-OH is 1. The molecular weight excluding hydrogens is 300 g/mol. The first-order chi connectivity index (χ1) is 9.17. The Morgan fingerprint density at radius 1 is 1.40 bits per heavy atom. The molecule has 0 aromatic rings. The first-order valence-corrected chi connectivity index (χ1v) is 9.59. The number of rotatable bonds is 10. The molecule has 0 aliphatic carbocycles. The van der Waals surface area contributed by atoms with Crippen molar-refractivity contribution >= 4 is 27.7 Å². The zero-order valence-corrected chi connectivity index (χ0v) is 14.2. The van der Waals surface area contributed by atoms with Gasteiger partial charge < -0.3 is 10.4 Å². The normalized spacial score (nSPS) is 14.1. The Bertz CT molecular complexity index is 396. The lowest BCUT2D eigenvalue weighted by Crippen LogP contribution is -2.49. The summed E-state index contributed by atoms with van der Waals surface area (Å²) in [5.74, 6) is 0.281. The third-order valence-corrected chi connectivity index (χ3v) is 4.85. The molecule has 0 saturated carbocycles. The van der Waals surface area contributed by atoms with Crippen molar-refractivity contribution in [3.63, 3.8) is 0 Å². The molecular formula is C12H26N2O4S2. The Hall–Kier alpha value is -0.310. The van der Waals surface area contributed by atoms with E-state index in [0.29, 0.717) is 18.7 Å². The lowest BCUT2D eigenvalue weighted by molar-refractivity contribution is -0.123. The van der Waals surface area contributed by atoms with Crippen molar-refractivity contribution in [2.24, 2.45) is 5.41 Å². The van der Waals surface area contributed by atoms with E-state index in [0.717, 1.165) is 0 Å². The maximum Gasteiger partial charge on any atom is 0.238 e. The molecule has 1 atom stereocenters. The number of thioether (sulfide) groups is 1. The van der Waals surface area contributed by atoms with Crippen LogP contribution in [0.2, 0.25) is 0 Å². The number of amides is 1. The maximum atomic E-state index is 12.1. The van der Waals surface area contributed by atoms with Crippen molar-refractivity contribution in [3.05, 3.63) is 0 Å². The Morgan fingerprint density at radius 2 is 2.00 bits per heavy atom. The van der Waals surface area contributed by atoms with Crippen LogP contribution in [0.1, 0.15) is 27.2 Å². The Morgan fingerprint density at radius 3 is 2.45 bits per heavy atom. The highest BCUT2D eigenvalue weighted by Crippen LogP contribution is 2.11. The third-order valence-electron chi connectivity index (χ3n) is 2.80. The summed E-state index contributed by atoms with van der Waals surface area (Å²) in [6.07, 6.45) is 2.34. The van der Waals surface area contributed by atoms with Crippen LogP contribution < -0.4 is 10.0 Å². The van der Waals surface area contributed by atoms with Crippen molar-refractivity contribution in [3.8, 4) is 0 Å². The fourth-order valence-electron chi connectivity index (χ4n) is 1.28. The van der Waals surface area contributed by atoms with Gasteiger partial charge in [-0.25, -0.2) is 13.1 Å². The van der Waals surface area contributed by atoms with E-state index in [1.165, 1.54) is 6.92 Å². The third kappa shape index (κ3) is 8.08. The van der Waals surface area contributed by atoms with Gasteiger partial charge in [0.15, 0.2) is 0 Å². The zero-order valence-electron chi connectivity index (χ0n) is 12.6. The first kappa shape index (κ1) is 19.7. The number of aliphatic hydroxyl groups is 1. The second-order valence-electron chi connectivity index (χ2n) is 5.40. The predicted octanol–water partition coefficient (Wildman–Crippen LogP) is 0.182. The number of nitrogens with one attached hydrogen (secondary N) is 2. The quantitative estimate of drug-likeness (QED) is 0.532. The lowest BCUT2D eigenvalue weighted by atomic mass is 9.95. The summed E-state index contributed by atoms with van der Waals surface area (Å²) in [5.41, 5.74) is -0.427. The standard InChI is InChI=1S/C12H26N2O4S2/c1-5-20(17,18)14-10(6-7-19-4)11(16)13-8-12(2,3)9-15/h10,14-15H,5-9H2,1-4H3,(H,13,16). The fourth-order valence-corrected chi connectivity index (χ4v) is 2.58. The minimum atomic E-state index is -3.42. The van der Waals surface area contributed by atoms with Gasteiger partial charge in [-0.2, -0.15) is 11.8 Å². The van der Waals surface area contributed by atoms with Crippen LogP contribution in [0.15, 0.2) is 0 Å². The topological polar surface area (TPSA) is 95.5 Å². The van der Waals surface area contributed by atoms with Gasteiger partial charge in [-0.05, 0) is 25.4 Å². The average molecular weight is 326 g/mol. The molecule has 6 nitrogen and oxygen atoms in total. The highest BCUT2D eigenvalue weighted by atomic mass is 32.2. The van der Waals surface area contributed by atoms with Gasteiger partial charge in [0.1, 0.15) is 6.04 Å². The van der Waals surface area contributed by atoms with E-state index >= 15 is 0 Å². The molecule has 8 heteroatoms. The summed E-state index contributed by atoms with van der Waals surface area (Å²) in [6, 6.07) is -0.762. The Kier molecular flexibility index (Phi) is 8.72. The van der Waals surface area contributed by atoms with Crippen LogP contribution in [0.5, 0.6) is 0 Å². The summed E-state index contributed by atoms with van der Waals surface area (Å²) in [5, 5.41) is 11.8. The van der Waals surface area contributed by atoms with Crippen molar-refractivity contribution < 1.29 is 18.3 Å². The van der Waals surface area contributed by atoms with Crippen LogP contribution >= 0.6 is 11.8 Å².